The number of aromatic nitrogens is 3. The Morgan fingerprint density at radius 2 is 2.05 bits per heavy atom. The average Bonchev–Trinajstić information content (AvgIpc) is 3.42. The number of hydrogen-bond donors (Lipinski definition) is 4. The number of rotatable bonds is 10. The molecule has 41 heavy (non-hydrogen) atoms. The molecule has 1 fully saturated rings. The van der Waals surface area contributed by atoms with Crippen molar-refractivity contribution in [2.75, 3.05) is 12.3 Å². The van der Waals surface area contributed by atoms with Gasteiger partial charge in [0.15, 0.2) is 16.7 Å². The number of aliphatic hydroxyl groups excluding tert-OH is 1. The van der Waals surface area contributed by atoms with E-state index in [-0.39, 0.29) is 22.7 Å². The van der Waals surface area contributed by atoms with Crippen LogP contribution in [0.25, 0.3) is 11.0 Å². The molecule has 3 heterocycles. The van der Waals surface area contributed by atoms with Crippen molar-refractivity contribution < 1.29 is 33.0 Å². The van der Waals surface area contributed by atoms with Gasteiger partial charge in [-0.1, -0.05) is 35.7 Å². The molecule has 0 radical (unpaired) electrons. The van der Waals surface area contributed by atoms with Crippen LogP contribution in [0.2, 0.25) is 0 Å². The summed E-state index contributed by atoms with van der Waals surface area (Å²) in [7, 11) is -4.27. The van der Waals surface area contributed by atoms with Crippen LogP contribution in [0, 0.1) is 11.8 Å². The standard InChI is InChI=1S/C26H31ClN5O8P/c1-5-12-26(27)20(33)19(39-24(26)32-13-11-18-21(32)29-25(28)30-22(18)34)14-37-41(36,40-17-9-7-6-8-10-17)31-16(4)23(35)38-15(2)3/h6-11,13,15-16,19-20,24,33H,14H2,1-4H3,(H,31,36)(H3,28,29,30,34)/t16-,19+,20-,24+,26?,41?/m0/s1. The molecule has 1 aromatic carbocycles. The zero-order valence-electron chi connectivity index (χ0n) is 22.7. The molecule has 220 valence electrons. The lowest BCUT2D eigenvalue weighted by molar-refractivity contribution is -0.149. The number of ether oxygens (including phenoxy) is 2. The summed E-state index contributed by atoms with van der Waals surface area (Å²) in [4.78, 5) is 29.7. The number of nitrogen functional groups attached to an aromatic ring is 1. The van der Waals surface area contributed by atoms with Crippen molar-refractivity contribution in [1.29, 1.82) is 0 Å². The molecule has 3 aromatic rings. The minimum atomic E-state index is -4.27. The van der Waals surface area contributed by atoms with Gasteiger partial charge in [-0.25, -0.2) is 4.57 Å². The van der Waals surface area contributed by atoms with Gasteiger partial charge < -0.3 is 29.4 Å². The quantitative estimate of drug-likeness (QED) is 0.115. The largest absolute Gasteiger partial charge is 0.462 e. The highest BCUT2D eigenvalue weighted by Crippen LogP contribution is 2.48. The zero-order chi connectivity index (χ0) is 29.9. The van der Waals surface area contributed by atoms with Gasteiger partial charge in [0.05, 0.1) is 18.1 Å². The normalized spacial score (nSPS) is 24.4. The third kappa shape index (κ3) is 6.59. The number of H-pyrrole nitrogens is 1. The topological polar surface area (TPSA) is 180 Å². The number of benzene rings is 1. The van der Waals surface area contributed by atoms with Crippen LogP contribution in [0.15, 0.2) is 47.4 Å². The second-order valence-electron chi connectivity index (χ2n) is 9.56. The van der Waals surface area contributed by atoms with E-state index in [0.717, 1.165) is 0 Å². The molecule has 4 rings (SSSR count). The fourth-order valence-electron chi connectivity index (χ4n) is 4.24. The Balaban J connectivity index is 1.62. The number of fused-ring (bicyclic) bond motifs is 1. The van der Waals surface area contributed by atoms with Crippen LogP contribution >= 0.6 is 19.3 Å². The first-order chi connectivity index (χ1) is 19.4. The summed E-state index contributed by atoms with van der Waals surface area (Å²) in [5.41, 5.74) is 5.43. The minimum absolute atomic E-state index is 0.127. The number of esters is 1. The third-order valence-corrected chi connectivity index (χ3v) is 8.20. The molecular formula is C26H31ClN5O8P. The maximum absolute atomic E-state index is 13.9. The van der Waals surface area contributed by atoms with E-state index in [1.54, 1.807) is 44.2 Å². The number of aromatic amines is 1. The molecule has 1 aliphatic rings. The predicted octanol–water partition coefficient (Wildman–Crippen LogP) is 2.70. The number of anilines is 1. The van der Waals surface area contributed by atoms with Crippen molar-refractivity contribution in [2.24, 2.45) is 0 Å². The van der Waals surface area contributed by atoms with E-state index in [4.69, 9.17) is 35.9 Å². The molecular weight excluding hydrogens is 577 g/mol. The predicted molar refractivity (Wildman–Crippen MR) is 151 cm³/mol. The van der Waals surface area contributed by atoms with Crippen LogP contribution < -0.4 is 20.9 Å². The van der Waals surface area contributed by atoms with E-state index in [9.17, 15) is 19.3 Å². The average molecular weight is 608 g/mol. The molecule has 0 amide bonds. The number of carbonyl (C=O) groups is 1. The molecule has 0 saturated carbocycles. The fourth-order valence-corrected chi connectivity index (χ4v) is 6.13. The van der Waals surface area contributed by atoms with Crippen molar-refractivity contribution in [3.05, 3.63) is 52.9 Å². The number of aliphatic hydroxyl groups is 1. The van der Waals surface area contributed by atoms with Crippen LogP contribution in [-0.4, -0.2) is 61.4 Å². The number of nitrogens with zero attached hydrogens (tertiary/aromatic N) is 2. The highest BCUT2D eigenvalue weighted by Gasteiger charge is 2.56. The lowest BCUT2D eigenvalue weighted by atomic mass is 9.99. The van der Waals surface area contributed by atoms with Gasteiger partial charge in [-0.15, -0.1) is 5.92 Å². The molecule has 2 aromatic heterocycles. The monoisotopic (exact) mass is 607 g/mol. The fraction of sp³-hybridized carbons (Fsp3) is 0.423. The maximum atomic E-state index is 13.9. The van der Waals surface area contributed by atoms with Crippen LogP contribution in [0.1, 0.15) is 33.9 Å². The second-order valence-corrected chi connectivity index (χ2v) is 11.9. The number of carbonyl (C=O) groups excluding carboxylic acids is 1. The third-order valence-electron chi connectivity index (χ3n) is 6.05. The molecule has 0 spiro atoms. The smallest absolute Gasteiger partial charge is 0.459 e. The molecule has 0 bridgehead atoms. The molecule has 5 N–H and O–H groups in total. The Kier molecular flexibility index (Phi) is 9.13. The van der Waals surface area contributed by atoms with E-state index in [1.807, 2.05) is 0 Å². The molecule has 6 atom stereocenters. The second kappa shape index (κ2) is 12.2. The molecule has 1 saturated heterocycles. The Bertz CT molecular complexity index is 1570. The van der Waals surface area contributed by atoms with Gasteiger partial charge in [0.25, 0.3) is 5.56 Å². The maximum Gasteiger partial charge on any atom is 0.459 e. The summed E-state index contributed by atoms with van der Waals surface area (Å²) in [6.07, 6.45) is -2.69. The van der Waals surface area contributed by atoms with Gasteiger partial charge >= 0.3 is 13.7 Å². The van der Waals surface area contributed by atoms with Gasteiger partial charge in [0.1, 0.15) is 24.0 Å². The highest BCUT2D eigenvalue weighted by molar-refractivity contribution is 7.52. The minimum Gasteiger partial charge on any atom is -0.462 e. The molecule has 2 unspecified atom stereocenters. The van der Waals surface area contributed by atoms with Crippen molar-refractivity contribution in [2.45, 2.75) is 63.2 Å². The first-order valence-corrected chi connectivity index (χ1v) is 14.6. The number of alkyl halides is 1. The highest BCUT2D eigenvalue weighted by atomic mass is 35.5. The lowest BCUT2D eigenvalue weighted by Crippen LogP contribution is -2.42. The number of nitrogens with two attached hydrogens (primary N) is 1. The number of hydrogen-bond acceptors (Lipinski definition) is 10. The lowest BCUT2D eigenvalue weighted by Gasteiger charge is -2.26. The van der Waals surface area contributed by atoms with E-state index < -0.39 is 61.3 Å². The van der Waals surface area contributed by atoms with Gasteiger partial charge in [0, 0.05) is 6.20 Å². The van der Waals surface area contributed by atoms with E-state index in [2.05, 4.69) is 26.9 Å². The summed E-state index contributed by atoms with van der Waals surface area (Å²) < 4.78 is 37.9. The van der Waals surface area contributed by atoms with Crippen molar-refractivity contribution in [3.63, 3.8) is 0 Å². The Hall–Kier alpha value is -3.37. The van der Waals surface area contributed by atoms with Gasteiger partial charge in [-0.05, 0) is 45.9 Å². The van der Waals surface area contributed by atoms with Crippen LogP contribution in [0.3, 0.4) is 0 Å². The Morgan fingerprint density at radius 3 is 2.71 bits per heavy atom. The van der Waals surface area contributed by atoms with Gasteiger partial charge in [-0.2, -0.15) is 10.1 Å². The summed E-state index contributed by atoms with van der Waals surface area (Å²) in [5.74, 6) is 4.87. The van der Waals surface area contributed by atoms with Crippen LogP contribution in [-0.2, 0) is 23.4 Å². The van der Waals surface area contributed by atoms with Crippen LogP contribution in [0.4, 0.5) is 5.95 Å². The van der Waals surface area contributed by atoms with Gasteiger partial charge in [-0.3, -0.25) is 19.1 Å². The summed E-state index contributed by atoms with van der Waals surface area (Å²) in [6, 6.07) is 8.63. The van der Waals surface area contributed by atoms with E-state index in [1.165, 1.54) is 30.7 Å². The van der Waals surface area contributed by atoms with Crippen molar-refractivity contribution >= 4 is 42.3 Å². The molecule has 15 heteroatoms. The van der Waals surface area contributed by atoms with Crippen LogP contribution in [0.5, 0.6) is 5.75 Å². The first kappa shape index (κ1) is 30.6. The van der Waals surface area contributed by atoms with E-state index in [0.29, 0.717) is 0 Å². The zero-order valence-corrected chi connectivity index (χ0v) is 24.4. The van der Waals surface area contributed by atoms with Gasteiger partial charge in [0.2, 0.25) is 5.95 Å². The summed E-state index contributed by atoms with van der Waals surface area (Å²) >= 11 is 6.86. The van der Waals surface area contributed by atoms with E-state index >= 15 is 0 Å². The summed E-state index contributed by atoms with van der Waals surface area (Å²) in [5, 5.41) is 14.0. The van der Waals surface area contributed by atoms with Crippen molar-refractivity contribution in [1.82, 2.24) is 19.6 Å². The number of halogens is 1. The first-order valence-electron chi connectivity index (χ1n) is 12.7. The Morgan fingerprint density at radius 1 is 1.34 bits per heavy atom. The SMILES string of the molecule is CC#CC1(Cl)[C@@H](O)[C@@H](COP(=O)(N[C@@H](C)C(=O)OC(C)C)Oc2ccccc2)O[C@H]1n1ccc2c(=O)[nH]c(N)nc21. The Labute approximate surface area is 240 Å². The summed E-state index contributed by atoms with van der Waals surface area (Å²) in [6.45, 7) is 5.86. The molecule has 13 nitrogen and oxygen atoms in total. The number of para-hydroxylation sites is 1. The molecule has 0 aliphatic carbocycles. The van der Waals surface area contributed by atoms with Crippen molar-refractivity contribution in [3.8, 4) is 17.6 Å². The number of nitrogens with one attached hydrogen (secondary N) is 2. The molecule has 1 aliphatic heterocycles.